The van der Waals surface area contributed by atoms with Crippen LogP contribution in [0.2, 0.25) is 0 Å². The van der Waals surface area contributed by atoms with Crippen LogP contribution in [0.4, 0.5) is 0 Å². The van der Waals surface area contributed by atoms with Crippen molar-refractivity contribution in [1.82, 2.24) is 5.43 Å². The molecule has 0 radical (unpaired) electrons. The summed E-state index contributed by atoms with van der Waals surface area (Å²) in [6.45, 7) is 0. The number of methoxy groups -OCH3 is 1. The van der Waals surface area contributed by atoms with Crippen LogP contribution in [0.15, 0.2) is 53.6 Å². The van der Waals surface area contributed by atoms with Gasteiger partial charge in [-0.1, -0.05) is 30.3 Å². The third-order valence-corrected chi connectivity index (χ3v) is 2.98. The minimum atomic E-state index is -1.31. The number of carbonyl (C=O) groups excluding carboxylic acids is 1. The molecular formula is C16H16N2O4. The number of carbonyl (C=O) groups is 1. The summed E-state index contributed by atoms with van der Waals surface area (Å²) in [5, 5.41) is 23.3. The largest absolute Gasteiger partial charge is 0.507 e. The maximum atomic E-state index is 11.8. The van der Waals surface area contributed by atoms with E-state index in [1.165, 1.54) is 19.4 Å². The van der Waals surface area contributed by atoms with E-state index in [1.807, 2.05) is 0 Å². The number of aliphatic hydroxyl groups excluding tert-OH is 1. The number of amides is 1. The van der Waals surface area contributed by atoms with Crippen molar-refractivity contribution in [2.75, 3.05) is 7.11 Å². The number of hydrogen-bond donors (Lipinski definition) is 3. The molecule has 2 rings (SSSR count). The van der Waals surface area contributed by atoms with Crippen LogP contribution in [0.1, 0.15) is 17.2 Å². The van der Waals surface area contributed by atoms with Gasteiger partial charge in [0.2, 0.25) is 0 Å². The predicted molar refractivity (Wildman–Crippen MR) is 81.8 cm³/mol. The molecule has 0 aliphatic rings. The van der Waals surface area contributed by atoms with E-state index in [4.69, 9.17) is 4.74 Å². The number of aliphatic hydroxyl groups is 1. The number of rotatable bonds is 5. The van der Waals surface area contributed by atoms with Crippen molar-refractivity contribution in [3.8, 4) is 11.5 Å². The SMILES string of the molecule is COc1ccc(O)c(/C=N\NC(=O)[C@@H](O)c2ccccc2)c1. The first-order chi connectivity index (χ1) is 10.6. The first kappa shape index (κ1) is 15.5. The lowest BCUT2D eigenvalue weighted by Crippen LogP contribution is -2.25. The average Bonchev–Trinajstić information content (AvgIpc) is 2.56. The van der Waals surface area contributed by atoms with E-state index >= 15 is 0 Å². The van der Waals surface area contributed by atoms with Crippen molar-refractivity contribution < 1.29 is 19.7 Å². The summed E-state index contributed by atoms with van der Waals surface area (Å²) in [5.74, 6) is -0.109. The van der Waals surface area contributed by atoms with Crippen molar-refractivity contribution in [2.24, 2.45) is 5.10 Å². The lowest BCUT2D eigenvalue weighted by molar-refractivity contribution is -0.129. The van der Waals surface area contributed by atoms with Gasteiger partial charge in [-0.3, -0.25) is 4.79 Å². The molecule has 114 valence electrons. The summed E-state index contributed by atoms with van der Waals surface area (Å²) in [6, 6.07) is 13.2. The summed E-state index contributed by atoms with van der Waals surface area (Å²) in [6.07, 6.45) is -0.0368. The van der Waals surface area contributed by atoms with Crippen LogP contribution in [-0.2, 0) is 4.79 Å². The van der Waals surface area contributed by atoms with Crippen molar-refractivity contribution in [3.05, 3.63) is 59.7 Å². The third kappa shape index (κ3) is 3.83. The molecule has 3 N–H and O–H groups in total. The van der Waals surface area contributed by atoms with Crippen LogP contribution >= 0.6 is 0 Å². The first-order valence-electron chi connectivity index (χ1n) is 6.54. The van der Waals surface area contributed by atoms with Crippen molar-refractivity contribution in [3.63, 3.8) is 0 Å². The van der Waals surface area contributed by atoms with Gasteiger partial charge in [-0.05, 0) is 23.8 Å². The minimum absolute atomic E-state index is 0.00223. The summed E-state index contributed by atoms with van der Waals surface area (Å²) in [7, 11) is 1.51. The molecule has 1 amide bonds. The highest BCUT2D eigenvalue weighted by atomic mass is 16.5. The van der Waals surface area contributed by atoms with Gasteiger partial charge in [0.25, 0.3) is 5.91 Å². The van der Waals surface area contributed by atoms with Gasteiger partial charge in [0.15, 0.2) is 6.10 Å². The normalized spacial score (nSPS) is 12.1. The van der Waals surface area contributed by atoms with Gasteiger partial charge in [-0.25, -0.2) is 5.43 Å². The molecule has 22 heavy (non-hydrogen) atoms. The lowest BCUT2D eigenvalue weighted by atomic mass is 10.1. The Morgan fingerprint density at radius 3 is 2.68 bits per heavy atom. The van der Waals surface area contributed by atoms with Gasteiger partial charge >= 0.3 is 0 Å². The van der Waals surface area contributed by atoms with Gasteiger partial charge in [0.05, 0.1) is 13.3 Å². The van der Waals surface area contributed by atoms with Crippen LogP contribution < -0.4 is 10.2 Å². The maximum absolute atomic E-state index is 11.8. The third-order valence-electron chi connectivity index (χ3n) is 2.98. The Labute approximate surface area is 127 Å². The number of nitrogens with one attached hydrogen (secondary N) is 1. The zero-order chi connectivity index (χ0) is 15.9. The van der Waals surface area contributed by atoms with Gasteiger partial charge in [0, 0.05) is 5.56 Å². The number of ether oxygens (including phenoxy) is 1. The number of phenols is 1. The molecule has 0 unspecified atom stereocenters. The van der Waals surface area contributed by atoms with Gasteiger partial charge in [-0.15, -0.1) is 0 Å². The molecule has 0 saturated carbocycles. The minimum Gasteiger partial charge on any atom is -0.507 e. The highest BCUT2D eigenvalue weighted by molar-refractivity contribution is 5.87. The standard InChI is InChI=1S/C16H16N2O4/c1-22-13-7-8-14(19)12(9-13)10-17-18-16(21)15(20)11-5-3-2-4-6-11/h2-10,15,19-20H,1H3,(H,18,21)/b17-10-/t15-/m0/s1. The number of phenolic OH excluding ortho intramolecular Hbond substituents is 1. The molecular weight excluding hydrogens is 284 g/mol. The van der Waals surface area contributed by atoms with E-state index in [0.717, 1.165) is 0 Å². The number of aromatic hydroxyl groups is 1. The second-order valence-corrected chi connectivity index (χ2v) is 4.47. The fourth-order valence-corrected chi connectivity index (χ4v) is 1.78. The topological polar surface area (TPSA) is 91.2 Å². The zero-order valence-electron chi connectivity index (χ0n) is 11.9. The van der Waals surface area contributed by atoms with E-state index < -0.39 is 12.0 Å². The van der Waals surface area contributed by atoms with Gasteiger partial charge in [-0.2, -0.15) is 5.10 Å². The fourth-order valence-electron chi connectivity index (χ4n) is 1.78. The molecule has 0 bridgehead atoms. The van der Waals surface area contributed by atoms with Gasteiger partial charge < -0.3 is 14.9 Å². The van der Waals surface area contributed by atoms with E-state index in [-0.39, 0.29) is 5.75 Å². The molecule has 2 aromatic rings. The molecule has 0 aromatic heterocycles. The summed E-state index contributed by atoms with van der Waals surface area (Å²) in [4.78, 5) is 11.8. The predicted octanol–water partition coefficient (Wildman–Crippen LogP) is 1.58. The Bertz CT molecular complexity index is 671. The average molecular weight is 300 g/mol. The highest BCUT2D eigenvalue weighted by Gasteiger charge is 2.15. The number of benzene rings is 2. The van der Waals surface area contributed by atoms with Crippen LogP contribution in [0.25, 0.3) is 0 Å². The highest BCUT2D eigenvalue weighted by Crippen LogP contribution is 2.21. The number of hydrazone groups is 1. The molecule has 0 fully saturated rings. The number of hydrogen-bond acceptors (Lipinski definition) is 5. The summed E-state index contributed by atoms with van der Waals surface area (Å²) < 4.78 is 5.03. The van der Waals surface area contributed by atoms with E-state index in [1.54, 1.807) is 42.5 Å². The van der Waals surface area contributed by atoms with Crippen molar-refractivity contribution in [1.29, 1.82) is 0 Å². The smallest absolute Gasteiger partial charge is 0.273 e. The van der Waals surface area contributed by atoms with E-state index in [0.29, 0.717) is 16.9 Å². The first-order valence-corrected chi connectivity index (χ1v) is 6.54. The summed E-state index contributed by atoms with van der Waals surface area (Å²) >= 11 is 0. The maximum Gasteiger partial charge on any atom is 0.273 e. The number of nitrogens with zero attached hydrogens (tertiary/aromatic N) is 1. The Kier molecular flexibility index (Phi) is 5.11. The molecule has 0 aliphatic carbocycles. The molecule has 6 nitrogen and oxygen atoms in total. The Morgan fingerprint density at radius 2 is 2.00 bits per heavy atom. The van der Waals surface area contributed by atoms with Crippen LogP contribution in [-0.4, -0.2) is 29.4 Å². The van der Waals surface area contributed by atoms with E-state index in [9.17, 15) is 15.0 Å². The Morgan fingerprint density at radius 1 is 1.27 bits per heavy atom. The molecule has 2 aromatic carbocycles. The zero-order valence-corrected chi connectivity index (χ0v) is 11.9. The van der Waals surface area contributed by atoms with Gasteiger partial charge in [0.1, 0.15) is 11.5 Å². The second-order valence-electron chi connectivity index (χ2n) is 4.47. The van der Waals surface area contributed by atoms with Crippen LogP contribution in [0, 0.1) is 0 Å². The lowest BCUT2D eigenvalue weighted by Gasteiger charge is -2.08. The molecule has 1 atom stereocenters. The molecule has 0 saturated heterocycles. The molecule has 0 aliphatic heterocycles. The Hall–Kier alpha value is -2.86. The molecule has 0 spiro atoms. The van der Waals surface area contributed by atoms with Crippen molar-refractivity contribution >= 4 is 12.1 Å². The molecule has 0 heterocycles. The summed E-state index contributed by atoms with van der Waals surface area (Å²) in [5.41, 5.74) is 3.08. The monoisotopic (exact) mass is 300 g/mol. The Balaban J connectivity index is 2.02. The van der Waals surface area contributed by atoms with E-state index in [2.05, 4.69) is 10.5 Å². The second kappa shape index (κ2) is 7.24. The quantitative estimate of drug-likeness (QED) is 0.577. The van der Waals surface area contributed by atoms with Crippen LogP contribution in [0.5, 0.6) is 11.5 Å². The van der Waals surface area contributed by atoms with Crippen molar-refractivity contribution in [2.45, 2.75) is 6.10 Å². The molecule has 6 heteroatoms. The van der Waals surface area contributed by atoms with Crippen LogP contribution in [0.3, 0.4) is 0 Å². The fraction of sp³-hybridized carbons (Fsp3) is 0.125.